The van der Waals surface area contributed by atoms with Crippen molar-refractivity contribution >= 4 is 25.9 Å². The van der Waals surface area contributed by atoms with Crippen molar-refractivity contribution in [2.24, 2.45) is 0 Å². The quantitative estimate of drug-likeness (QED) is 0.480. The van der Waals surface area contributed by atoms with E-state index in [0.717, 1.165) is 8.93 Å². The van der Waals surface area contributed by atoms with Crippen LogP contribution in [0, 0.1) is 0 Å². The monoisotopic (exact) mass is 376 g/mol. The summed E-state index contributed by atoms with van der Waals surface area (Å²) >= 11 is -0.982. The molecule has 17 heavy (non-hydrogen) atoms. The van der Waals surface area contributed by atoms with Gasteiger partial charge in [-0.25, -0.2) is 0 Å². The van der Waals surface area contributed by atoms with Crippen molar-refractivity contribution in [1.29, 1.82) is 0.594 Å². The van der Waals surface area contributed by atoms with Crippen LogP contribution < -0.4 is 21.0 Å². The predicted molar refractivity (Wildman–Crippen MR) is 57.0 cm³/mol. The summed E-state index contributed by atoms with van der Waals surface area (Å²) in [6.07, 6.45) is -1.02. The number of amides is 1. The molecule has 0 radical (unpaired) electrons. The van der Waals surface area contributed by atoms with Gasteiger partial charge in [0.25, 0.3) is 0 Å². The van der Waals surface area contributed by atoms with Gasteiger partial charge >= 0.3 is 115 Å². The maximum absolute atomic E-state index is 11.8. The van der Waals surface area contributed by atoms with Gasteiger partial charge < -0.3 is 0 Å². The second-order valence-electron chi connectivity index (χ2n) is 3.70. The van der Waals surface area contributed by atoms with E-state index in [4.69, 9.17) is 10.8 Å². The number of hydrogen-bond donors (Lipinski definition) is 2. The Labute approximate surface area is 115 Å². The number of carboxylic acid groups (broad SMARTS) is 1. The van der Waals surface area contributed by atoms with Gasteiger partial charge in [-0.05, 0) is 0 Å². The zero-order valence-corrected chi connectivity index (χ0v) is 11.8. The Morgan fingerprint density at radius 2 is 2.29 bits per heavy atom. The fraction of sp³-hybridized carbons (Fsp3) is 0.667. The van der Waals surface area contributed by atoms with Gasteiger partial charge in [-0.1, -0.05) is 0 Å². The van der Waals surface area contributed by atoms with Gasteiger partial charge in [-0.3, -0.25) is 0 Å². The van der Waals surface area contributed by atoms with Crippen LogP contribution in [0.2, 0.25) is 0 Å². The third-order valence-corrected chi connectivity index (χ3v) is 4.30. The number of rotatable bonds is 5. The average molecular weight is 376 g/mol. The fourth-order valence-electron chi connectivity index (χ4n) is 1.73. The molecule has 0 unspecified atom stereocenters. The van der Waals surface area contributed by atoms with Gasteiger partial charge in [-0.2, -0.15) is 0 Å². The zero-order chi connectivity index (χ0) is 13.7. The molecule has 6 nitrogen and oxygen atoms in total. The molecule has 2 atom stereocenters. The summed E-state index contributed by atoms with van der Waals surface area (Å²) < 4.78 is 7.07. The molecule has 0 aromatic rings. The van der Waals surface area contributed by atoms with Crippen LogP contribution in [0.4, 0.5) is 0 Å². The van der Waals surface area contributed by atoms with Crippen LogP contribution in [-0.4, -0.2) is 51.4 Å². The molecule has 1 amide bonds. The van der Waals surface area contributed by atoms with E-state index in [2.05, 4.69) is 0 Å². The Balaban J connectivity index is 2.61. The van der Waals surface area contributed by atoms with Crippen molar-refractivity contribution in [1.82, 2.24) is 4.90 Å². The Bertz CT molecular complexity index is 356. The zero-order valence-electron chi connectivity index (χ0n) is 9.84. The number of halogens is 1. The predicted octanol–water partition coefficient (Wildman–Crippen LogP) is -3.73. The third-order valence-electron chi connectivity index (χ3n) is 2.57. The number of carbonyl (C=O) groups is 3. The Morgan fingerprint density at radius 3 is 2.88 bits per heavy atom. The molecule has 1 aliphatic rings. The van der Waals surface area contributed by atoms with Gasteiger partial charge in [0.05, 0.1) is 0 Å². The second-order valence-corrected chi connectivity index (χ2v) is 5.58. The number of aliphatic hydroxyl groups excluding tert-OH is 1. The number of nitrogens with zero attached hydrogens (tertiary/aromatic N) is 1. The first-order valence-corrected chi connectivity index (χ1v) is 8.36. The number of hydrogen-bond acceptors (Lipinski definition) is 5. The molecule has 0 saturated carbocycles. The first-order valence-electron chi connectivity index (χ1n) is 5.38. The normalized spacial score (nSPS) is 22.3. The van der Waals surface area contributed by atoms with Crippen molar-refractivity contribution in [3.63, 3.8) is 0 Å². The van der Waals surface area contributed by atoms with Crippen molar-refractivity contribution in [3.8, 4) is 0 Å². The van der Waals surface area contributed by atoms with Crippen LogP contribution in [0.15, 0.2) is 0 Å². The van der Waals surface area contributed by atoms with Gasteiger partial charge in [0.2, 0.25) is 0 Å². The van der Waals surface area contributed by atoms with Gasteiger partial charge in [0, 0.05) is 0 Å². The molecule has 8 heteroatoms. The molecule has 0 aliphatic carbocycles. The number of likely N-dealkylation sites (tertiary alicyclic amines) is 1. The average Bonchev–Trinajstić information content (AvgIpc) is 2.77. The topological polar surface area (TPSA) is 94.9 Å². The molecule has 1 rings (SSSR count). The molecule has 0 bridgehead atoms. The van der Waals surface area contributed by atoms with E-state index < -0.39 is 51.5 Å². The van der Waals surface area contributed by atoms with Crippen molar-refractivity contribution in [2.75, 3.05) is 6.54 Å². The first kappa shape index (κ1) is 13.1. The molecule has 0 spiro atoms. The number of carboxylic acids is 1. The summed E-state index contributed by atoms with van der Waals surface area (Å²) in [5, 5.41) is 17.4. The van der Waals surface area contributed by atoms with Crippen LogP contribution in [0.5, 0.6) is 0 Å². The van der Waals surface area contributed by atoms with Crippen LogP contribution in [0.1, 0.15) is 19.3 Å². The molecular weight excluding hydrogens is 361 g/mol. The molecule has 1 saturated heterocycles. The summed E-state index contributed by atoms with van der Waals surface area (Å²) in [7, 11) is 0.940. The van der Waals surface area contributed by atoms with E-state index >= 15 is 0 Å². The van der Waals surface area contributed by atoms with Crippen LogP contribution in [-0.2, 0) is 14.4 Å². The Kier molecular flexibility index (Phi) is 5.04. The molecule has 0 aromatic heterocycles. The van der Waals surface area contributed by atoms with Crippen molar-refractivity contribution in [2.45, 2.75) is 31.4 Å². The van der Waals surface area contributed by atoms with E-state index in [0.29, 0.717) is 19.4 Å². The Hall–Kier alpha value is -0.350. The van der Waals surface area contributed by atoms with Crippen LogP contribution in [0.3, 0.4) is 0 Å². The van der Waals surface area contributed by atoms with E-state index in [-0.39, 0.29) is 5.12 Å². The van der Waals surface area contributed by atoms with Crippen molar-refractivity contribution in [3.05, 3.63) is 0 Å². The fourth-order valence-corrected chi connectivity index (χ4v) is 2.96. The standard InChI is InChI=1S/C9H13INO5S/c10-17-9(16)5-2-1-3-11(5)7(13)4-6(12)8(14)15/h5-6,10,12H,1-4H2,(H,14,15)/q-1/t5-,6-/m0/s1/i10T. The summed E-state index contributed by atoms with van der Waals surface area (Å²) in [6.45, 7) is 0.401. The summed E-state index contributed by atoms with van der Waals surface area (Å²) in [6, 6.07) is -0.562. The number of aliphatic hydroxyl groups is 1. The molecule has 1 aliphatic heterocycles. The number of aliphatic carboxylic acids is 1. The number of carbonyl (C=O) groups excluding carboxylic acids is 2. The first-order chi connectivity index (χ1) is 8.47. The molecule has 2 N–H and O–H groups in total. The molecule has 98 valence electrons. The van der Waals surface area contributed by atoms with Gasteiger partial charge in [0.1, 0.15) is 0 Å². The van der Waals surface area contributed by atoms with E-state index in [1.165, 1.54) is 4.90 Å². The third kappa shape index (κ3) is 3.81. The van der Waals surface area contributed by atoms with Gasteiger partial charge in [-0.15, -0.1) is 0 Å². The second kappa shape index (κ2) is 6.55. The molecular formula is C9H13INO5S-. The van der Waals surface area contributed by atoms with Crippen LogP contribution >= 0.6 is 8.93 Å². The molecule has 1 fully saturated rings. The van der Waals surface area contributed by atoms with E-state index in [9.17, 15) is 14.4 Å². The van der Waals surface area contributed by atoms with Gasteiger partial charge in [0.15, 0.2) is 0 Å². The van der Waals surface area contributed by atoms with E-state index in [1.54, 1.807) is 0 Å². The van der Waals surface area contributed by atoms with Crippen molar-refractivity contribution < 1.29 is 45.6 Å². The Morgan fingerprint density at radius 1 is 1.59 bits per heavy atom. The van der Waals surface area contributed by atoms with Crippen LogP contribution in [0.25, 0.3) is 0 Å². The summed E-state index contributed by atoms with van der Waals surface area (Å²) in [5.41, 5.74) is 0. The minimum atomic E-state index is -1.73. The molecule has 0 aromatic carbocycles. The SMILES string of the molecule is [3H][I-]SC(=O)[C@@H]1CCCN1C(=O)C[C@H](O)C(=O)O. The van der Waals surface area contributed by atoms with E-state index in [1.807, 2.05) is 0 Å². The molecule has 1 heterocycles. The summed E-state index contributed by atoms with van der Waals surface area (Å²) in [5.74, 6) is -1.97. The summed E-state index contributed by atoms with van der Waals surface area (Å²) in [4.78, 5) is 35.2. The minimum absolute atomic E-state index is 0.200. The maximum atomic E-state index is 11.8.